The Bertz CT molecular complexity index is 1380. The van der Waals surface area contributed by atoms with Gasteiger partial charge in [-0.3, -0.25) is 9.47 Å². The van der Waals surface area contributed by atoms with E-state index in [9.17, 15) is 23.2 Å². The third kappa shape index (κ3) is 5.25. The molecule has 1 fully saturated rings. The van der Waals surface area contributed by atoms with Crippen molar-refractivity contribution in [2.75, 3.05) is 18.0 Å². The first-order valence-electron chi connectivity index (χ1n) is 13.1. The number of aryl methyl sites for hydroxylation is 1. The van der Waals surface area contributed by atoms with Crippen molar-refractivity contribution in [2.24, 2.45) is 7.05 Å². The average molecular weight is 527 g/mol. The van der Waals surface area contributed by atoms with Crippen LogP contribution in [-0.2, 0) is 13.2 Å². The van der Waals surface area contributed by atoms with E-state index in [1.54, 1.807) is 31.3 Å². The summed E-state index contributed by atoms with van der Waals surface area (Å²) in [6, 6.07) is 11.0. The molecule has 202 valence electrons. The van der Waals surface area contributed by atoms with E-state index in [0.717, 1.165) is 31.2 Å². The SMILES string of the molecule is CCCC(c1ccc(C(F)(F)F)cc1)N1CC(CC)N(c2nc(=O)n(C)c3ccc(C#N)nc23)CC1CC. The molecule has 3 heterocycles. The lowest BCUT2D eigenvalue weighted by molar-refractivity contribution is -0.137. The van der Waals surface area contributed by atoms with Gasteiger partial charge in [-0.2, -0.15) is 23.4 Å². The Hall–Kier alpha value is -3.45. The highest BCUT2D eigenvalue weighted by atomic mass is 19.4. The van der Waals surface area contributed by atoms with E-state index in [1.165, 1.54) is 16.7 Å². The van der Waals surface area contributed by atoms with Crippen molar-refractivity contribution in [3.63, 3.8) is 0 Å². The van der Waals surface area contributed by atoms with Gasteiger partial charge in [0.1, 0.15) is 17.3 Å². The number of halogens is 3. The van der Waals surface area contributed by atoms with E-state index in [4.69, 9.17) is 0 Å². The highest BCUT2D eigenvalue weighted by molar-refractivity contribution is 5.86. The Morgan fingerprint density at radius 1 is 1.03 bits per heavy atom. The van der Waals surface area contributed by atoms with Crippen LogP contribution in [0, 0.1) is 11.3 Å². The molecular weight excluding hydrogens is 493 g/mol. The second-order valence-corrected chi connectivity index (χ2v) is 9.85. The van der Waals surface area contributed by atoms with Gasteiger partial charge in [0.15, 0.2) is 5.82 Å². The van der Waals surface area contributed by atoms with Crippen LogP contribution in [0.5, 0.6) is 0 Å². The minimum atomic E-state index is -4.37. The van der Waals surface area contributed by atoms with Gasteiger partial charge in [0, 0.05) is 38.3 Å². The van der Waals surface area contributed by atoms with Crippen LogP contribution in [0.3, 0.4) is 0 Å². The molecule has 3 unspecified atom stereocenters. The molecule has 7 nitrogen and oxygen atoms in total. The Morgan fingerprint density at radius 2 is 1.71 bits per heavy atom. The van der Waals surface area contributed by atoms with Gasteiger partial charge in [0.2, 0.25) is 0 Å². The van der Waals surface area contributed by atoms with Crippen LogP contribution in [0.2, 0.25) is 0 Å². The topological polar surface area (TPSA) is 78.0 Å². The van der Waals surface area contributed by atoms with Gasteiger partial charge >= 0.3 is 11.9 Å². The molecule has 0 bridgehead atoms. The number of aromatic nitrogens is 3. The van der Waals surface area contributed by atoms with Gasteiger partial charge < -0.3 is 4.90 Å². The van der Waals surface area contributed by atoms with Crippen molar-refractivity contribution in [1.82, 2.24) is 19.4 Å². The lowest BCUT2D eigenvalue weighted by atomic mass is 9.93. The van der Waals surface area contributed by atoms with E-state index in [0.29, 0.717) is 29.9 Å². The summed E-state index contributed by atoms with van der Waals surface area (Å²) in [4.78, 5) is 26.2. The number of pyridine rings is 1. The van der Waals surface area contributed by atoms with Gasteiger partial charge in [-0.1, -0.05) is 39.3 Å². The molecule has 3 aromatic rings. The second-order valence-electron chi connectivity index (χ2n) is 9.85. The maximum Gasteiger partial charge on any atom is 0.416 e. The number of piperazine rings is 1. The fraction of sp³-hybridized carbons (Fsp3) is 0.500. The van der Waals surface area contributed by atoms with E-state index in [1.807, 2.05) is 0 Å². The highest BCUT2D eigenvalue weighted by Crippen LogP contribution is 2.37. The maximum atomic E-state index is 13.2. The van der Waals surface area contributed by atoms with Crippen molar-refractivity contribution < 1.29 is 13.2 Å². The molecule has 2 aromatic heterocycles. The normalized spacial score (nSPS) is 19.5. The molecule has 0 N–H and O–H groups in total. The number of hydrogen-bond donors (Lipinski definition) is 0. The van der Waals surface area contributed by atoms with Crippen LogP contribution in [0.25, 0.3) is 11.0 Å². The lowest BCUT2D eigenvalue weighted by Crippen LogP contribution is -2.59. The Morgan fingerprint density at radius 3 is 2.29 bits per heavy atom. The highest BCUT2D eigenvalue weighted by Gasteiger charge is 2.38. The Labute approximate surface area is 220 Å². The van der Waals surface area contributed by atoms with Crippen molar-refractivity contribution in [3.05, 3.63) is 63.7 Å². The minimum Gasteiger partial charge on any atom is -0.349 e. The Balaban J connectivity index is 1.74. The smallest absolute Gasteiger partial charge is 0.349 e. The van der Waals surface area contributed by atoms with Gasteiger partial charge in [-0.15, -0.1) is 0 Å². The number of alkyl halides is 3. The van der Waals surface area contributed by atoms with Crippen LogP contribution in [0.15, 0.2) is 41.2 Å². The standard InChI is InChI=1S/C28H33F3N6O/c1-5-8-23(18-9-11-19(12-10-18)28(29,30)31)36-16-22(7-3)37(17-21(36)6-2)26-25-24(35(4)27(38)34-26)14-13-20(15-32)33-25/h9-14,21-23H,5-8,16-17H2,1-4H3. The van der Waals surface area contributed by atoms with Gasteiger partial charge in [-0.05, 0) is 49.1 Å². The molecule has 1 aromatic carbocycles. The summed E-state index contributed by atoms with van der Waals surface area (Å²) in [6.07, 6.45) is -1.08. The first-order valence-corrected chi connectivity index (χ1v) is 13.1. The molecular formula is C28H33F3N6O. The number of fused-ring (bicyclic) bond motifs is 1. The zero-order chi connectivity index (χ0) is 27.6. The van der Waals surface area contributed by atoms with Crippen LogP contribution >= 0.6 is 0 Å². The minimum absolute atomic E-state index is 0.00181. The first kappa shape index (κ1) is 27.6. The lowest BCUT2D eigenvalue weighted by Gasteiger charge is -2.50. The summed E-state index contributed by atoms with van der Waals surface area (Å²) in [5, 5.41) is 9.43. The van der Waals surface area contributed by atoms with Crippen LogP contribution in [-0.4, -0.2) is 44.6 Å². The molecule has 0 saturated carbocycles. The van der Waals surface area contributed by atoms with Crippen LogP contribution < -0.4 is 10.6 Å². The largest absolute Gasteiger partial charge is 0.416 e. The third-order valence-electron chi connectivity index (χ3n) is 7.59. The van der Waals surface area contributed by atoms with E-state index in [-0.39, 0.29) is 23.8 Å². The molecule has 3 atom stereocenters. The van der Waals surface area contributed by atoms with Gasteiger partial charge in [-0.25, -0.2) is 9.78 Å². The van der Waals surface area contributed by atoms with Gasteiger partial charge in [0.25, 0.3) is 0 Å². The predicted octanol–water partition coefficient (Wildman–Crippen LogP) is 5.44. The zero-order valence-electron chi connectivity index (χ0n) is 22.2. The fourth-order valence-corrected chi connectivity index (χ4v) is 5.49. The van der Waals surface area contributed by atoms with Crippen LogP contribution in [0.1, 0.15) is 69.3 Å². The molecule has 10 heteroatoms. The Kier molecular flexibility index (Phi) is 8.07. The van der Waals surface area contributed by atoms with E-state index in [2.05, 4.69) is 46.6 Å². The molecule has 0 radical (unpaired) electrons. The third-order valence-corrected chi connectivity index (χ3v) is 7.59. The van der Waals surface area contributed by atoms with Crippen molar-refractivity contribution >= 4 is 16.9 Å². The molecule has 4 rings (SSSR count). The quantitative estimate of drug-likeness (QED) is 0.408. The average Bonchev–Trinajstić information content (AvgIpc) is 2.92. The van der Waals surface area contributed by atoms with Gasteiger partial charge in [0.05, 0.1) is 11.1 Å². The summed E-state index contributed by atoms with van der Waals surface area (Å²) in [5.74, 6) is 0.478. The summed E-state index contributed by atoms with van der Waals surface area (Å²) >= 11 is 0. The summed E-state index contributed by atoms with van der Waals surface area (Å²) in [5.41, 5.74) is 1.21. The monoisotopic (exact) mass is 526 g/mol. The number of rotatable bonds is 7. The summed E-state index contributed by atoms with van der Waals surface area (Å²) in [6.45, 7) is 7.51. The number of hydrogen-bond acceptors (Lipinski definition) is 6. The zero-order valence-corrected chi connectivity index (χ0v) is 22.2. The summed E-state index contributed by atoms with van der Waals surface area (Å²) in [7, 11) is 1.64. The van der Waals surface area contributed by atoms with E-state index < -0.39 is 17.4 Å². The molecule has 1 saturated heterocycles. The number of anilines is 1. The van der Waals surface area contributed by atoms with Crippen LogP contribution in [0.4, 0.5) is 19.0 Å². The number of benzene rings is 1. The number of nitrogens with zero attached hydrogens (tertiary/aromatic N) is 6. The maximum absolute atomic E-state index is 13.2. The molecule has 1 aliphatic rings. The van der Waals surface area contributed by atoms with Crippen molar-refractivity contribution in [2.45, 2.75) is 70.8 Å². The molecule has 0 amide bonds. The fourth-order valence-electron chi connectivity index (χ4n) is 5.49. The molecule has 38 heavy (non-hydrogen) atoms. The van der Waals surface area contributed by atoms with Crippen molar-refractivity contribution in [3.8, 4) is 6.07 Å². The molecule has 1 aliphatic heterocycles. The van der Waals surface area contributed by atoms with Crippen molar-refractivity contribution in [1.29, 1.82) is 5.26 Å². The predicted molar refractivity (Wildman–Crippen MR) is 141 cm³/mol. The first-order chi connectivity index (χ1) is 18.1. The molecule has 0 spiro atoms. The number of nitriles is 1. The summed E-state index contributed by atoms with van der Waals surface area (Å²) < 4.78 is 41.0. The second kappa shape index (κ2) is 11.1. The molecule has 0 aliphatic carbocycles. The van der Waals surface area contributed by atoms with E-state index >= 15 is 0 Å².